The molecule has 0 radical (unpaired) electrons. The molecule has 0 fully saturated rings. The lowest BCUT2D eigenvalue weighted by molar-refractivity contribution is -0.129. The predicted molar refractivity (Wildman–Crippen MR) is 82.8 cm³/mol. The Balaban J connectivity index is 2.84. The van der Waals surface area contributed by atoms with Crippen LogP contribution in [0.25, 0.3) is 0 Å². The van der Waals surface area contributed by atoms with Crippen molar-refractivity contribution in [2.45, 2.75) is 46.3 Å². The van der Waals surface area contributed by atoms with Gasteiger partial charge in [0, 0.05) is 19.6 Å². The van der Waals surface area contributed by atoms with E-state index in [0.717, 1.165) is 16.7 Å². The summed E-state index contributed by atoms with van der Waals surface area (Å²) in [4.78, 5) is 22.6. The lowest BCUT2D eigenvalue weighted by Crippen LogP contribution is -2.47. The largest absolute Gasteiger partial charge is 0.359 e. The molecule has 1 amide bonds. The van der Waals surface area contributed by atoms with E-state index in [-0.39, 0.29) is 12.3 Å². The molecule has 0 saturated heterocycles. The van der Waals surface area contributed by atoms with Gasteiger partial charge < -0.3 is 10.1 Å². The van der Waals surface area contributed by atoms with Gasteiger partial charge in [-0.3, -0.25) is 4.79 Å². The number of carbonyl (C=O) groups is 1. The van der Waals surface area contributed by atoms with E-state index in [0.29, 0.717) is 6.42 Å². The van der Waals surface area contributed by atoms with Gasteiger partial charge in [0.05, 0.1) is 6.42 Å². The summed E-state index contributed by atoms with van der Waals surface area (Å²) in [5.74, 6) is 1.57. The highest BCUT2D eigenvalue weighted by molar-refractivity contribution is 5.80. The molecule has 0 aromatic heterocycles. The minimum absolute atomic E-state index is 0.131. The molecule has 21 heavy (non-hydrogen) atoms. The number of methoxy groups -OCH3 is 1. The van der Waals surface area contributed by atoms with Gasteiger partial charge in [0.25, 0.3) is 0 Å². The minimum Gasteiger partial charge on any atom is -0.359 e. The third-order valence-corrected chi connectivity index (χ3v) is 3.61. The monoisotopic (exact) mass is 289 g/mol. The van der Waals surface area contributed by atoms with Crippen LogP contribution < -0.4 is 5.32 Å². The number of amides is 1. The van der Waals surface area contributed by atoms with Crippen molar-refractivity contribution in [3.63, 3.8) is 0 Å². The zero-order valence-corrected chi connectivity index (χ0v) is 13.4. The Morgan fingerprint density at radius 1 is 1.33 bits per heavy atom. The van der Waals surface area contributed by atoms with Gasteiger partial charge in [0.2, 0.25) is 5.91 Å². The highest BCUT2D eigenvalue weighted by atomic mass is 16.5. The van der Waals surface area contributed by atoms with Crippen molar-refractivity contribution < 1.29 is 14.3 Å². The molecule has 1 atom stereocenters. The molecule has 4 nitrogen and oxygen atoms in total. The Labute approximate surface area is 126 Å². The second kappa shape index (κ2) is 7.21. The number of benzene rings is 1. The predicted octanol–water partition coefficient (Wildman–Crippen LogP) is 2.41. The third kappa shape index (κ3) is 4.85. The quantitative estimate of drug-likeness (QED) is 0.646. The summed E-state index contributed by atoms with van der Waals surface area (Å²) >= 11 is 0. The van der Waals surface area contributed by atoms with Crippen molar-refractivity contribution in [2.24, 2.45) is 0 Å². The normalized spacial score (nSPS) is 13.2. The first-order valence-corrected chi connectivity index (χ1v) is 6.93. The van der Waals surface area contributed by atoms with Crippen LogP contribution in [0.15, 0.2) is 18.2 Å². The number of aryl methyl sites for hydroxylation is 3. The molecule has 1 N–H and O–H groups in total. The van der Waals surface area contributed by atoms with Crippen molar-refractivity contribution in [2.75, 3.05) is 7.11 Å². The van der Waals surface area contributed by atoms with E-state index in [1.54, 1.807) is 12.9 Å². The van der Waals surface area contributed by atoms with Crippen LogP contribution in [0.2, 0.25) is 0 Å². The van der Waals surface area contributed by atoms with Crippen molar-refractivity contribution in [1.29, 1.82) is 0 Å². The van der Waals surface area contributed by atoms with E-state index < -0.39 is 5.72 Å². The Bertz CT molecular complexity index is 550. The van der Waals surface area contributed by atoms with Crippen molar-refractivity contribution in [1.82, 2.24) is 5.32 Å². The van der Waals surface area contributed by atoms with Gasteiger partial charge in [-0.25, -0.2) is 4.79 Å². The van der Waals surface area contributed by atoms with Crippen LogP contribution in [0, 0.1) is 20.8 Å². The number of hydrogen-bond acceptors (Lipinski definition) is 3. The van der Waals surface area contributed by atoms with Crippen molar-refractivity contribution in [3.8, 4) is 0 Å². The smallest absolute Gasteiger partial charge is 0.226 e. The molecule has 0 aliphatic carbocycles. The Morgan fingerprint density at radius 2 is 1.90 bits per heavy atom. The second-order valence-electron chi connectivity index (χ2n) is 5.56. The SMILES string of the molecule is COC(C)(CC=C=O)NC(=O)Cc1c(C)cc(C)cc1C. The lowest BCUT2D eigenvalue weighted by atomic mass is 9.97. The molecular formula is C17H23NO3. The molecule has 1 aromatic rings. The van der Waals surface area contributed by atoms with Crippen LogP contribution in [-0.4, -0.2) is 24.7 Å². The fourth-order valence-corrected chi connectivity index (χ4v) is 2.41. The van der Waals surface area contributed by atoms with E-state index in [4.69, 9.17) is 4.74 Å². The van der Waals surface area contributed by atoms with Gasteiger partial charge in [-0.15, -0.1) is 0 Å². The fourth-order valence-electron chi connectivity index (χ4n) is 2.41. The number of nitrogens with one attached hydrogen (secondary N) is 1. The van der Waals surface area contributed by atoms with Crippen LogP contribution >= 0.6 is 0 Å². The lowest BCUT2D eigenvalue weighted by Gasteiger charge is -2.28. The molecule has 1 aromatic carbocycles. The highest BCUT2D eigenvalue weighted by Crippen LogP contribution is 2.18. The first kappa shape index (κ1) is 17.2. The van der Waals surface area contributed by atoms with Crippen LogP contribution in [-0.2, 0) is 20.7 Å². The number of rotatable bonds is 6. The first-order valence-electron chi connectivity index (χ1n) is 6.93. The van der Waals surface area contributed by atoms with E-state index in [9.17, 15) is 9.59 Å². The molecule has 0 heterocycles. The van der Waals surface area contributed by atoms with Gasteiger partial charge in [-0.2, -0.15) is 0 Å². The maximum atomic E-state index is 12.2. The summed E-state index contributed by atoms with van der Waals surface area (Å²) < 4.78 is 5.29. The molecule has 1 unspecified atom stereocenters. The minimum atomic E-state index is -0.888. The molecule has 0 aliphatic heterocycles. The molecule has 0 aliphatic rings. The van der Waals surface area contributed by atoms with Gasteiger partial charge >= 0.3 is 0 Å². The fraction of sp³-hybridized carbons (Fsp3) is 0.471. The number of hydrogen-bond donors (Lipinski definition) is 1. The average molecular weight is 289 g/mol. The Hall–Kier alpha value is -1.90. The van der Waals surface area contributed by atoms with E-state index in [2.05, 4.69) is 17.4 Å². The standard InChI is InChI=1S/C17H23NO3/c1-12-9-13(2)15(14(3)10-12)11-16(20)18-17(4,21-5)7-6-8-19/h6,9-10H,7,11H2,1-5H3,(H,18,20). The van der Waals surface area contributed by atoms with Crippen molar-refractivity contribution >= 4 is 11.8 Å². The summed E-state index contributed by atoms with van der Waals surface area (Å²) in [6, 6.07) is 4.14. The van der Waals surface area contributed by atoms with E-state index >= 15 is 0 Å². The van der Waals surface area contributed by atoms with Crippen LogP contribution in [0.3, 0.4) is 0 Å². The molecule has 0 spiro atoms. The van der Waals surface area contributed by atoms with Gasteiger partial charge in [-0.1, -0.05) is 17.7 Å². The molecule has 0 bridgehead atoms. The molecule has 0 saturated carbocycles. The summed E-state index contributed by atoms with van der Waals surface area (Å²) in [7, 11) is 1.50. The molecule has 114 valence electrons. The summed E-state index contributed by atoms with van der Waals surface area (Å²) in [6.45, 7) is 7.78. The zero-order valence-electron chi connectivity index (χ0n) is 13.4. The Morgan fingerprint density at radius 3 is 2.38 bits per heavy atom. The van der Waals surface area contributed by atoms with Crippen molar-refractivity contribution in [3.05, 3.63) is 40.5 Å². The molecule has 1 rings (SSSR count). The summed E-state index contributed by atoms with van der Waals surface area (Å²) in [5.41, 5.74) is 3.54. The van der Waals surface area contributed by atoms with Gasteiger partial charge in [-0.05, 0) is 44.4 Å². The zero-order chi connectivity index (χ0) is 16.0. The highest BCUT2D eigenvalue weighted by Gasteiger charge is 2.25. The second-order valence-corrected chi connectivity index (χ2v) is 5.56. The number of ether oxygens (including phenoxy) is 1. The molecular weight excluding hydrogens is 266 g/mol. The topological polar surface area (TPSA) is 55.4 Å². The van der Waals surface area contributed by atoms with Gasteiger partial charge in [0.15, 0.2) is 0 Å². The first-order chi connectivity index (χ1) is 9.81. The van der Waals surface area contributed by atoms with Crippen LogP contribution in [0.5, 0.6) is 0 Å². The average Bonchev–Trinajstić information content (AvgIpc) is 2.40. The summed E-state index contributed by atoms with van der Waals surface area (Å²) in [6.07, 6.45) is 1.89. The van der Waals surface area contributed by atoms with Crippen LogP contribution in [0.1, 0.15) is 35.6 Å². The van der Waals surface area contributed by atoms with Gasteiger partial charge in [0.1, 0.15) is 11.7 Å². The Kier molecular flexibility index (Phi) is 5.89. The number of carbonyl (C=O) groups excluding carboxylic acids is 2. The maximum absolute atomic E-state index is 12.2. The summed E-state index contributed by atoms with van der Waals surface area (Å²) in [5, 5.41) is 2.82. The van der Waals surface area contributed by atoms with E-state index in [1.165, 1.54) is 18.7 Å². The third-order valence-electron chi connectivity index (χ3n) is 3.61. The van der Waals surface area contributed by atoms with E-state index in [1.807, 2.05) is 20.8 Å². The van der Waals surface area contributed by atoms with Crippen LogP contribution in [0.4, 0.5) is 0 Å². The maximum Gasteiger partial charge on any atom is 0.226 e. The molecule has 4 heteroatoms.